The number of ether oxygens (including phenoxy) is 3. The Hall–Kier alpha value is -0.960. The van der Waals surface area contributed by atoms with Crippen molar-refractivity contribution in [3.63, 3.8) is 0 Å². The lowest BCUT2D eigenvalue weighted by atomic mass is 9.84. The average molecular weight is 452 g/mol. The molecule has 0 bridgehead atoms. The molecule has 29 heavy (non-hydrogen) atoms. The molecule has 5 nitrogen and oxygen atoms in total. The highest BCUT2D eigenvalue weighted by Gasteiger charge is 2.52. The monoisotopic (exact) mass is 451 g/mol. The molecule has 3 aliphatic heterocycles. The fourth-order valence-corrected chi connectivity index (χ4v) is 5.08. The van der Waals surface area contributed by atoms with E-state index in [1.165, 1.54) is 18.9 Å². The van der Waals surface area contributed by atoms with Gasteiger partial charge < -0.3 is 19.1 Å². The summed E-state index contributed by atoms with van der Waals surface area (Å²) in [4.78, 5) is 14.3. The van der Waals surface area contributed by atoms with Gasteiger partial charge >= 0.3 is 6.09 Å². The van der Waals surface area contributed by atoms with Crippen LogP contribution in [0.3, 0.4) is 0 Å². The van der Waals surface area contributed by atoms with Crippen LogP contribution >= 0.6 is 22.9 Å². The van der Waals surface area contributed by atoms with E-state index in [0.29, 0.717) is 35.1 Å². The Labute approximate surface area is 179 Å². The fourth-order valence-electron chi connectivity index (χ4n) is 3.60. The first kappa shape index (κ1) is 22.7. The second kappa shape index (κ2) is 8.65. The van der Waals surface area contributed by atoms with Crippen LogP contribution in [0.4, 0.5) is 13.6 Å². The number of piperidine rings is 1. The second-order valence-electron chi connectivity index (χ2n) is 8.57. The van der Waals surface area contributed by atoms with Gasteiger partial charge in [-0.3, -0.25) is 0 Å². The zero-order chi connectivity index (χ0) is 21.3. The molecule has 1 aromatic rings. The van der Waals surface area contributed by atoms with Crippen LogP contribution in [-0.2, 0) is 25.7 Å². The van der Waals surface area contributed by atoms with Gasteiger partial charge in [0.2, 0.25) is 0 Å². The van der Waals surface area contributed by atoms with E-state index >= 15 is 0 Å². The summed E-state index contributed by atoms with van der Waals surface area (Å²) in [5.41, 5.74) is -1.38. The highest BCUT2D eigenvalue weighted by Crippen LogP contribution is 2.52. The summed E-state index contributed by atoms with van der Waals surface area (Å²) in [6.07, 6.45) is 3.07. The quantitative estimate of drug-likeness (QED) is 0.519. The predicted octanol–water partition coefficient (Wildman–Crippen LogP) is 5.55. The molecule has 164 valence electrons. The van der Waals surface area contributed by atoms with Gasteiger partial charge in [-0.15, -0.1) is 11.3 Å². The van der Waals surface area contributed by atoms with Crippen molar-refractivity contribution in [3.05, 3.63) is 20.8 Å². The Morgan fingerprint density at radius 3 is 2.38 bits per heavy atom. The molecule has 1 spiro atoms. The number of carbonyl (C=O) groups is 1. The van der Waals surface area contributed by atoms with Gasteiger partial charge in [0.25, 0.3) is 5.92 Å². The van der Waals surface area contributed by atoms with Gasteiger partial charge in [0.05, 0.1) is 4.34 Å². The zero-order valence-corrected chi connectivity index (χ0v) is 18.6. The minimum Gasteiger partial charge on any atom is -0.444 e. The van der Waals surface area contributed by atoms with Gasteiger partial charge in [0.1, 0.15) is 17.8 Å². The standard InChI is InChI=1S/C16H20ClF2NO3S.C4H8O/c1-14(2,3)23-13(21)20-6-4-15(5-7-20)12-10(8-11(17)24-12)16(18,19)9-22-15;1-2-4-5-3-1/h8H,4-7,9H2,1-3H3;1-4H2. The summed E-state index contributed by atoms with van der Waals surface area (Å²) in [5.74, 6) is -3.02. The lowest BCUT2D eigenvalue weighted by molar-refractivity contribution is -0.180. The Balaban J connectivity index is 0.000000419. The van der Waals surface area contributed by atoms with Gasteiger partial charge in [0.15, 0.2) is 0 Å². The molecule has 0 unspecified atom stereocenters. The second-order valence-corrected chi connectivity index (χ2v) is 10.3. The first-order valence-corrected chi connectivity index (χ1v) is 11.1. The zero-order valence-electron chi connectivity index (χ0n) is 17.1. The van der Waals surface area contributed by atoms with Gasteiger partial charge in [-0.2, -0.15) is 8.78 Å². The van der Waals surface area contributed by atoms with Crippen LogP contribution in [0.15, 0.2) is 6.07 Å². The lowest BCUT2D eigenvalue weighted by Gasteiger charge is -2.45. The summed E-state index contributed by atoms with van der Waals surface area (Å²) in [6, 6.07) is 1.34. The molecule has 4 rings (SSSR count). The maximum absolute atomic E-state index is 14.1. The SMILES string of the molecule is C1CCOC1.CC(C)(C)OC(=O)N1CCC2(CC1)OCC(F)(F)c1cc(Cl)sc12. The summed E-state index contributed by atoms with van der Waals surface area (Å²) in [5, 5.41) is 0. The number of fused-ring (bicyclic) bond motifs is 2. The Kier molecular flexibility index (Phi) is 6.78. The van der Waals surface area contributed by atoms with Gasteiger partial charge in [-0.25, -0.2) is 4.79 Å². The third-order valence-corrected chi connectivity index (χ3v) is 6.54. The van der Waals surface area contributed by atoms with Crippen molar-refractivity contribution in [2.45, 2.75) is 63.6 Å². The van der Waals surface area contributed by atoms with Crippen molar-refractivity contribution in [2.24, 2.45) is 0 Å². The number of alkyl halides is 2. The number of hydrogen-bond donors (Lipinski definition) is 0. The van der Waals surface area contributed by atoms with Gasteiger partial charge in [-0.1, -0.05) is 11.6 Å². The molecule has 0 saturated carbocycles. The third-order valence-electron chi connectivity index (χ3n) is 5.09. The van der Waals surface area contributed by atoms with Crippen molar-refractivity contribution >= 4 is 29.0 Å². The average Bonchev–Trinajstić information content (AvgIpc) is 3.31. The first-order valence-electron chi connectivity index (χ1n) is 9.90. The number of thiophene rings is 1. The van der Waals surface area contributed by atoms with E-state index in [2.05, 4.69) is 0 Å². The maximum Gasteiger partial charge on any atom is 0.410 e. The van der Waals surface area contributed by atoms with E-state index < -0.39 is 23.7 Å². The molecule has 0 aromatic carbocycles. The minimum atomic E-state index is -3.02. The van der Waals surface area contributed by atoms with E-state index in [0.717, 1.165) is 24.6 Å². The predicted molar refractivity (Wildman–Crippen MR) is 108 cm³/mol. The summed E-state index contributed by atoms with van der Waals surface area (Å²) >= 11 is 7.12. The fraction of sp³-hybridized carbons (Fsp3) is 0.750. The molecule has 4 heterocycles. The lowest BCUT2D eigenvalue weighted by Crippen LogP contribution is -2.50. The number of rotatable bonds is 0. The number of likely N-dealkylation sites (tertiary alicyclic amines) is 1. The molecule has 0 N–H and O–H groups in total. The molecule has 0 aliphatic carbocycles. The molecule has 1 amide bonds. The maximum atomic E-state index is 14.1. The molecule has 0 atom stereocenters. The van der Waals surface area contributed by atoms with Crippen LogP contribution in [0.25, 0.3) is 0 Å². The third kappa shape index (κ3) is 5.40. The molecule has 2 saturated heterocycles. The molecule has 0 radical (unpaired) electrons. The smallest absolute Gasteiger partial charge is 0.410 e. The van der Waals surface area contributed by atoms with Crippen molar-refractivity contribution in [1.29, 1.82) is 0 Å². The van der Waals surface area contributed by atoms with Crippen LogP contribution in [0.2, 0.25) is 4.34 Å². The molecular formula is C20H28ClF2NO4S. The summed E-state index contributed by atoms with van der Waals surface area (Å²) in [6.45, 7) is 7.57. The summed E-state index contributed by atoms with van der Waals surface area (Å²) in [7, 11) is 0. The summed E-state index contributed by atoms with van der Waals surface area (Å²) < 4.78 is 44.4. The van der Waals surface area contributed by atoms with Crippen LogP contribution in [-0.4, -0.2) is 49.5 Å². The van der Waals surface area contributed by atoms with Crippen molar-refractivity contribution < 1.29 is 27.8 Å². The van der Waals surface area contributed by atoms with Crippen molar-refractivity contribution in [3.8, 4) is 0 Å². The first-order chi connectivity index (χ1) is 13.5. The topological polar surface area (TPSA) is 48.0 Å². The van der Waals surface area contributed by atoms with E-state index in [9.17, 15) is 13.6 Å². The van der Waals surface area contributed by atoms with Gasteiger partial charge in [-0.05, 0) is 52.5 Å². The number of amides is 1. The molecule has 1 aromatic heterocycles. The van der Waals surface area contributed by atoms with Crippen LogP contribution in [0, 0.1) is 0 Å². The van der Waals surface area contributed by atoms with Crippen LogP contribution < -0.4 is 0 Å². The normalized spacial score (nSPS) is 22.6. The Bertz CT molecular complexity index is 715. The van der Waals surface area contributed by atoms with E-state index in [-0.39, 0.29) is 11.7 Å². The van der Waals surface area contributed by atoms with Crippen LogP contribution in [0.5, 0.6) is 0 Å². The molecule has 2 fully saturated rings. The van der Waals surface area contributed by atoms with E-state index in [4.69, 9.17) is 25.8 Å². The molecular weight excluding hydrogens is 424 g/mol. The highest BCUT2D eigenvalue weighted by molar-refractivity contribution is 7.16. The largest absolute Gasteiger partial charge is 0.444 e. The van der Waals surface area contributed by atoms with Crippen molar-refractivity contribution in [2.75, 3.05) is 32.9 Å². The van der Waals surface area contributed by atoms with E-state index in [1.54, 1.807) is 4.90 Å². The Morgan fingerprint density at radius 1 is 1.24 bits per heavy atom. The Morgan fingerprint density at radius 2 is 1.86 bits per heavy atom. The minimum absolute atomic E-state index is 0.0329. The highest BCUT2D eigenvalue weighted by atomic mass is 35.5. The van der Waals surface area contributed by atoms with Crippen LogP contribution in [0.1, 0.15) is 56.9 Å². The van der Waals surface area contributed by atoms with Gasteiger partial charge in [0, 0.05) is 36.7 Å². The number of hydrogen-bond acceptors (Lipinski definition) is 5. The number of nitrogens with zero attached hydrogens (tertiary/aromatic N) is 1. The molecule has 3 aliphatic rings. The molecule has 9 heteroatoms. The van der Waals surface area contributed by atoms with E-state index in [1.807, 2.05) is 20.8 Å². The van der Waals surface area contributed by atoms with Crippen molar-refractivity contribution in [1.82, 2.24) is 4.90 Å². The number of halogens is 3. The number of carbonyl (C=O) groups excluding carboxylic acids is 1.